The Kier molecular flexibility index (Phi) is 23.8. The topological polar surface area (TPSA) is 134 Å². The van der Waals surface area contributed by atoms with Crippen molar-refractivity contribution in [3.8, 4) is 0 Å². The first kappa shape index (κ1) is 39.9. The van der Waals surface area contributed by atoms with E-state index in [1.54, 1.807) is 14.1 Å². The fourth-order valence-corrected chi connectivity index (χ4v) is 5.70. The Balaban J connectivity index is 3.78. The summed E-state index contributed by atoms with van der Waals surface area (Å²) >= 11 is 0. The number of nitrogens with zero attached hydrogens (tertiary/aromatic N) is 1. The van der Waals surface area contributed by atoms with E-state index in [4.69, 9.17) is 19.5 Å². The Labute approximate surface area is 249 Å². The van der Waals surface area contributed by atoms with Crippen LogP contribution in [0.4, 0.5) is 0 Å². The number of aliphatic hydroxyl groups excluding tert-OH is 2. The van der Waals surface area contributed by atoms with Crippen molar-refractivity contribution in [1.82, 2.24) is 0 Å². The van der Waals surface area contributed by atoms with Gasteiger partial charge in [0.2, 0.25) is 0 Å². The van der Waals surface area contributed by atoms with Gasteiger partial charge in [0.1, 0.15) is 12.7 Å². The van der Waals surface area contributed by atoms with Gasteiger partial charge in [0.25, 0.3) is 0 Å². The molecule has 0 aliphatic rings. The number of carbonyl (C=O) groups excluding carboxylic acids is 1. The maximum absolute atomic E-state index is 12.6. The van der Waals surface area contributed by atoms with E-state index in [0.29, 0.717) is 0 Å². The number of aliphatic hydroxyl groups is 3. The molecule has 0 saturated carbocycles. The van der Waals surface area contributed by atoms with E-state index in [-0.39, 0.29) is 30.5 Å². The van der Waals surface area contributed by atoms with Gasteiger partial charge in [-0.05, 0) is 58.3 Å². The SMILES string of the molecule is CCCC/C=C\CCCC/C=C\CCCCCCCCC(=O)OC[C@@H](O)COP(=O)(O)C(C)[N+](C)(C)CCC(O)O. The highest BCUT2D eigenvalue weighted by atomic mass is 31.2. The minimum atomic E-state index is -4.11. The molecule has 0 bridgehead atoms. The summed E-state index contributed by atoms with van der Waals surface area (Å²) in [5.74, 6) is -1.25. The molecule has 0 amide bonds. The number of carbonyl (C=O) groups is 1. The molecule has 0 aliphatic heterocycles. The Morgan fingerprint density at radius 1 is 0.805 bits per heavy atom. The lowest BCUT2D eigenvalue weighted by Crippen LogP contribution is -2.48. The largest absolute Gasteiger partial charge is 0.463 e. The number of allylic oxidation sites excluding steroid dienone is 4. The zero-order valence-electron chi connectivity index (χ0n) is 26.3. The standard InChI is InChI=1S/C31H60NO8P/c1-5-6-7-8-9-10-11-12-13-14-15-16-17-18-19-20-21-22-23-31(36)39-26-29(33)27-40-41(37,38)28(2)32(3,4)25-24-30(34)35/h8-9,14-15,28-30,33-35H,5-7,10-13,16-27H2,1-4H3/p+1/b9-8-,15-14-/t28?,29-/m1/s1. The first-order valence-electron chi connectivity index (χ1n) is 15.7. The van der Waals surface area contributed by atoms with Crippen molar-refractivity contribution >= 4 is 13.6 Å². The van der Waals surface area contributed by atoms with Crippen molar-refractivity contribution in [1.29, 1.82) is 0 Å². The molecule has 4 N–H and O–H groups in total. The summed E-state index contributed by atoms with van der Waals surface area (Å²) in [6.07, 6.45) is 23.0. The first-order chi connectivity index (χ1) is 19.4. The van der Waals surface area contributed by atoms with Crippen molar-refractivity contribution in [3.63, 3.8) is 0 Å². The second kappa shape index (κ2) is 24.4. The molecule has 0 aliphatic carbocycles. The summed E-state index contributed by atoms with van der Waals surface area (Å²) in [5, 5.41) is 28.2. The summed E-state index contributed by atoms with van der Waals surface area (Å²) in [4.78, 5) is 22.3. The number of unbranched alkanes of at least 4 members (excludes halogenated alkanes) is 11. The van der Waals surface area contributed by atoms with Gasteiger partial charge in [0.15, 0.2) is 12.1 Å². The van der Waals surface area contributed by atoms with Crippen LogP contribution in [0.25, 0.3) is 0 Å². The van der Waals surface area contributed by atoms with Crippen LogP contribution in [0.5, 0.6) is 0 Å². The molecule has 0 rings (SSSR count). The third-order valence-electron chi connectivity index (χ3n) is 7.39. The third-order valence-corrected chi connectivity index (χ3v) is 9.48. The molecule has 0 fully saturated rings. The van der Waals surface area contributed by atoms with Crippen LogP contribution in [0.3, 0.4) is 0 Å². The highest BCUT2D eigenvalue weighted by Gasteiger charge is 2.41. The molecule has 3 atom stereocenters. The highest BCUT2D eigenvalue weighted by molar-refractivity contribution is 7.53. The second-order valence-electron chi connectivity index (χ2n) is 11.6. The highest BCUT2D eigenvalue weighted by Crippen LogP contribution is 2.50. The molecule has 2 unspecified atom stereocenters. The van der Waals surface area contributed by atoms with Crippen molar-refractivity contribution in [2.24, 2.45) is 0 Å². The quantitative estimate of drug-likeness (QED) is 0.0217. The van der Waals surface area contributed by atoms with Gasteiger partial charge < -0.3 is 34.0 Å². The molecule has 0 radical (unpaired) electrons. The van der Waals surface area contributed by atoms with E-state index >= 15 is 0 Å². The Morgan fingerprint density at radius 2 is 1.29 bits per heavy atom. The van der Waals surface area contributed by atoms with Gasteiger partial charge in [-0.3, -0.25) is 9.36 Å². The Morgan fingerprint density at radius 3 is 1.83 bits per heavy atom. The molecule has 10 heteroatoms. The van der Waals surface area contributed by atoms with Crippen LogP contribution in [0.15, 0.2) is 24.3 Å². The van der Waals surface area contributed by atoms with Gasteiger partial charge >= 0.3 is 13.6 Å². The van der Waals surface area contributed by atoms with E-state index in [1.807, 2.05) is 0 Å². The molecule has 9 nitrogen and oxygen atoms in total. The van der Waals surface area contributed by atoms with Crippen LogP contribution in [0.1, 0.15) is 117 Å². The summed E-state index contributed by atoms with van der Waals surface area (Å²) < 4.78 is 22.8. The zero-order chi connectivity index (χ0) is 31.0. The monoisotopic (exact) mass is 606 g/mol. The maximum atomic E-state index is 12.6. The normalized spacial score (nSPS) is 15.5. The van der Waals surface area contributed by atoms with Crippen molar-refractivity contribution in [3.05, 3.63) is 24.3 Å². The fourth-order valence-electron chi connectivity index (χ4n) is 4.20. The molecule has 0 aromatic heterocycles. The van der Waals surface area contributed by atoms with E-state index in [1.165, 1.54) is 64.7 Å². The van der Waals surface area contributed by atoms with Crippen molar-refractivity contribution in [2.45, 2.75) is 135 Å². The molecule has 0 aromatic rings. The lowest BCUT2D eigenvalue weighted by atomic mass is 10.1. The van der Waals surface area contributed by atoms with Gasteiger partial charge in [0.05, 0.1) is 27.2 Å². The van der Waals surface area contributed by atoms with Gasteiger partial charge in [-0.25, -0.2) is 0 Å². The minimum Gasteiger partial charge on any atom is -0.463 e. The minimum absolute atomic E-state index is 0.0330. The molecular formula is C31H61NO8P+. The van der Waals surface area contributed by atoms with E-state index < -0.39 is 38.3 Å². The van der Waals surface area contributed by atoms with Gasteiger partial charge in [-0.15, -0.1) is 0 Å². The molecule has 0 spiro atoms. The van der Waals surface area contributed by atoms with Crippen LogP contribution in [-0.4, -0.2) is 82.7 Å². The number of ether oxygens (including phenoxy) is 1. The molecule has 0 aromatic carbocycles. The van der Waals surface area contributed by atoms with Gasteiger partial charge in [-0.1, -0.05) is 69.8 Å². The Bertz CT molecular complexity index is 756. The molecule has 0 saturated heterocycles. The van der Waals surface area contributed by atoms with Crippen LogP contribution >= 0.6 is 7.60 Å². The lowest BCUT2D eigenvalue weighted by molar-refractivity contribution is -0.901. The second-order valence-corrected chi connectivity index (χ2v) is 13.8. The number of quaternary nitrogens is 1. The summed E-state index contributed by atoms with van der Waals surface area (Å²) in [7, 11) is -0.737. The Hall–Kier alpha value is -1.06. The predicted molar refractivity (Wildman–Crippen MR) is 165 cm³/mol. The zero-order valence-corrected chi connectivity index (χ0v) is 27.2. The van der Waals surface area contributed by atoms with E-state index in [2.05, 4.69) is 31.2 Å². The molecule has 0 heterocycles. The van der Waals surface area contributed by atoms with E-state index in [0.717, 1.165) is 32.1 Å². The fraction of sp³-hybridized carbons (Fsp3) is 0.839. The number of hydrogen-bond acceptors (Lipinski definition) is 7. The number of rotatable bonds is 27. The average Bonchev–Trinajstić information content (AvgIpc) is 2.92. The average molecular weight is 607 g/mol. The van der Waals surface area contributed by atoms with Gasteiger partial charge in [0, 0.05) is 12.8 Å². The third kappa shape index (κ3) is 23.1. The number of esters is 1. The van der Waals surface area contributed by atoms with Crippen LogP contribution in [0, 0.1) is 0 Å². The summed E-state index contributed by atoms with van der Waals surface area (Å²) in [6.45, 7) is 3.27. The summed E-state index contributed by atoms with van der Waals surface area (Å²) in [5.41, 5.74) is 0. The number of hydrogen-bond donors (Lipinski definition) is 4. The van der Waals surface area contributed by atoms with Crippen molar-refractivity contribution < 1.29 is 43.3 Å². The maximum Gasteiger partial charge on any atom is 0.384 e. The summed E-state index contributed by atoms with van der Waals surface area (Å²) in [6, 6.07) is 0. The van der Waals surface area contributed by atoms with Crippen molar-refractivity contribution in [2.75, 3.05) is 33.9 Å². The van der Waals surface area contributed by atoms with Crippen LogP contribution < -0.4 is 0 Å². The van der Waals surface area contributed by atoms with E-state index in [9.17, 15) is 19.4 Å². The smallest absolute Gasteiger partial charge is 0.384 e. The first-order valence-corrected chi connectivity index (χ1v) is 17.4. The van der Waals surface area contributed by atoms with Crippen LogP contribution in [0.2, 0.25) is 0 Å². The van der Waals surface area contributed by atoms with Gasteiger partial charge in [-0.2, -0.15) is 0 Å². The predicted octanol–water partition coefficient (Wildman–Crippen LogP) is 6.20. The molecule has 242 valence electrons. The molecule has 41 heavy (non-hydrogen) atoms. The molecular weight excluding hydrogens is 545 g/mol. The lowest BCUT2D eigenvalue weighted by Gasteiger charge is -2.37. The van der Waals surface area contributed by atoms with Crippen LogP contribution in [-0.2, 0) is 18.6 Å².